The van der Waals surface area contributed by atoms with Crippen LogP contribution in [0.5, 0.6) is 0 Å². The van der Waals surface area contributed by atoms with Gasteiger partial charge in [0.15, 0.2) is 9.84 Å². The second-order valence-corrected chi connectivity index (χ2v) is 7.15. The number of rotatable bonds is 7. The third-order valence-electron chi connectivity index (χ3n) is 3.20. The Bertz CT molecular complexity index is 313. The zero-order valence-electron chi connectivity index (χ0n) is 10.1. The Balaban J connectivity index is 2.20. The number of sulfone groups is 1. The van der Waals surface area contributed by atoms with E-state index in [1.807, 2.05) is 0 Å². The first-order valence-electron chi connectivity index (χ1n) is 6.19. The molecular weight excluding hydrogens is 224 g/mol. The lowest BCUT2D eigenvalue weighted by Crippen LogP contribution is -2.17. The fourth-order valence-corrected chi connectivity index (χ4v) is 4.18. The van der Waals surface area contributed by atoms with Gasteiger partial charge in [0.25, 0.3) is 0 Å². The summed E-state index contributed by atoms with van der Waals surface area (Å²) in [7, 11) is -2.87. The van der Waals surface area contributed by atoms with Crippen LogP contribution < -0.4 is 0 Å². The van der Waals surface area contributed by atoms with Crippen molar-refractivity contribution in [2.45, 2.75) is 51.9 Å². The maximum Gasteiger partial charge on any atom is 0.150 e. The van der Waals surface area contributed by atoms with Gasteiger partial charge in [0, 0.05) is 6.42 Å². The third-order valence-corrected chi connectivity index (χ3v) is 5.09. The zero-order chi connectivity index (χ0) is 12.0. The molecule has 0 aromatic heterocycles. The van der Waals surface area contributed by atoms with Crippen LogP contribution in [0.3, 0.4) is 0 Å². The van der Waals surface area contributed by atoms with Crippen LogP contribution in [0.2, 0.25) is 0 Å². The van der Waals surface area contributed by atoms with E-state index in [0.717, 1.165) is 12.8 Å². The normalized spacial score (nSPS) is 17.8. The van der Waals surface area contributed by atoms with Gasteiger partial charge in [-0.1, -0.05) is 12.8 Å². The summed E-state index contributed by atoms with van der Waals surface area (Å²) in [5.74, 6) is 1.18. The Labute approximate surface area is 98.5 Å². The first-order chi connectivity index (χ1) is 7.49. The molecule has 3 nitrogen and oxygen atoms in total. The molecule has 0 aliphatic heterocycles. The number of unbranched alkanes of at least 4 members (excludes halogenated alkanes) is 1. The number of hydrogen-bond acceptors (Lipinski definition) is 3. The number of carbonyl (C=O) groups is 1. The van der Waals surface area contributed by atoms with Crippen molar-refractivity contribution in [2.75, 3.05) is 11.5 Å². The van der Waals surface area contributed by atoms with E-state index >= 15 is 0 Å². The summed E-state index contributed by atoms with van der Waals surface area (Å²) in [5, 5.41) is 0. The Hall–Kier alpha value is -0.380. The van der Waals surface area contributed by atoms with Gasteiger partial charge in [0.1, 0.15) is 5.78 Å². The quantitative estimate of drug-likeness (QED) is 0.648. The second kappa shape index (κ2) is 6.38. The fourth-order valence-electron chi connectivity index (χ4n) is 2.32. The molecule has 1 fully saturated rings. The lowest BCUT2D eigenvalue weighted by atomic mass is 10.1. The molecule has 0 unspecified atom stereocenters. The van der Waals surface area contributed by atoms with Crippen LogP contribution in [0.15, 0.2) is 0 Å². The molecule has 0 spiro atoms. The summed E-state index contributed by atoms with van der Waals surface area (Å²) < 4.78 is 23.5. The monoisotopic (exact) mass is 246 g/mol. The Morgan fingerprint density at radius 1 is 1.19 bits per heavy atom. The SMILES string of the molecule is CC(=O)CCCCS(=O)(=O)CC1CCCC1. The minimum atomic E-state index is -2.87. The van der Waals surface area contributed by atoms with E-state index < -0.39 is 9.84 Å². The van der Waals surface area contributed by atoms with E-state index in [1.165, 1.54) is 12.8 Å². The molecular formula is C12H22O3S. The average Bonchev–Trinajstić information content (AvgIpc) is 2.64. The van der Waals surface area contributed by atoms with Gasteiger partial charge >= 0.3 is 0 Å². The molecule has 0 bridgehead atoms. The largest absolute Gasteiger partial charge is 0.300 e. The summed E-state index contributed by atoms with van der Waals surface area (Å²) >= 11 is 0. The minimum absolute atomic E-state index is 0.146. The van der Waals surface area contributed by atoms with E-state index in [-0.39, 0.29) is 11.5 Å². The van der Waals surface area contributed by atoms with Crippen LogP contribution in [0, 0.1) is 5.92 Å². The van der Waals surface area contributed by atoms with E-state index in [0.29, 0.717) is 30.9 Å². The second-order valence-electron chi connectivity index (χ2n) is 4.92. The van der Waals surface area contributed by atoms with Crippen molar-refractivity contribution in [3.63, 3.8) is 0 Å². The van der Waals surface area contributed by atoms with Crippen LogP contribution in [-0.4, -0.2) is 25.7 Å². The van der Waals surface area contributed by atoms with Crippen molar-refractivity contribution < 1.29 is 13.2 Å². The standard InChI is InChI=1S/C12H22O3S/c1-11(13)6-4-5-9-16(14,15)10-12-7-2-3-8-12/h12H,2-10H2,1H3. The smallest absolute Gasteiger partial charge is 0.150 e. The molecule has 1 aliphatic rings. The lowest BCUT2D eigenvalue weighted by Gasteiger charge is -2.09. The first kappa shape index (κ1) is 13.7. The minimum Gasteiger partial charge on any atom is -0.300 e. The van der Waals surface area contributed by atoms with Gasteiger partial charge in [-0.15, -0.1) is 0 Å². The van der Waals surface area contributed by atoms with Gasteiger partial charge in [0.2, 0.25) is 0 Å². The highest BCUT2D eigenvalue weighted by molar-refractivity contribution is 7.91. The van der Waals surface area contributed by atoms with Gasteiger partial charge in [0.05, 0.1) is 11.5 Å². The van der Waals surface area contributed by atoms with Crippen molar-refractivity contribution in [2.24, 2.45) is 5.92 Å². The molecule has 0 aromatic rings. The lowest BCUT2D eigenvalue weighted by molar-refractivity contribution is -0.117. The topological polar surface area (TPSA) is 51.2 Å². The predicted octanol–water partition coefficient (Wildman–Crippen LogP) is 2.35. The molecule has 0 saturated heterocycles. The maximum absolute atomic E-state index is 11.7. The summed E-state index contributed by atoms with van der Waals surface area (Å²) in [6.45, 7) is 1.55. The van der Waals surface area contributed by atoms with Crippen molar-refractivity contribution in [3.05, 3.63) is 0 Å². The molecule has 4 heteroatoms. The first-order valence-corrected chi connectivity index (χ1v) is 8.01. The molecule has 0 N–H and O–H groups in total. The zero-order valence-corrected chi connectivity index (χ0v) is 10.9. The molecule has 1 rings (SSSR count). The van der Waals surface area contributed by atoms with E-state index in [9.17, 15) is 13.2 Å². The van der Waals surface area contributed by atoms with Crippen LogP contribution >= 0.6 is 0 Å². The number of carbonyl (C=O) groups excluding carboxylic acids is 1. The summed E-state index contributed by atoms with van der Waals surface area (Å²) in [6, 6.07) is 0. The number of hydrogen-bond donors (Lipinski definition) is 0. The van der Waals surface area contributed by atoms with Crippen molar-refractivity contribution in [1.29, 1.82) is 0 Å². The Morgan fingerprint density at radius 3 is 2.38 bits per heavy atom. The molecule has 1 saturated carbocycles. The van der Waals surface area contributed by atoms with Crippen LogP contribution in [0.1, 0.15) is 51.9 Å². The van der Waals surface area contributed by atoms with E-state index in [2.05, 4.69) is 0 Å². The van der Waals surface area contributed by atoms with Gasteiger partial charge < -0.3 is 4.79 Å². The maximum atomic E-state index is 11.7. The molecule has 0 atom stereocenters. The highest BCUT2D eigenvalue weighted by Gasteiger charge is 2.22. The Kier molecular flexibility index (Phi) is 5.46. The fraction of sp³-hybridized carbons (Fsp3) is 0.917. The molecule has 0 heterocycles. The van der Waals surface area contributed by atoms with Crippen molar-refractivity contribution in [1.82, 2.24) is 0 Å². The third kappa shape index (κ3) is 5.64. The molecule has 94 valence electrons. The molecule has 0 amide bonds. The number of ketones is 1. The van der Waals surface area contributed by atoms with Crippen LogP contribution in [-0.2, 0) is 14.6 Å². The summed E-state index contributed by atoms with van der Waals surface area (Å²) in [5.41, 5.74) is 0. The van der Waals surface area contributed by atoms with Gasteiger partial charge in [-0.2, -0.15) is 0 Å². The molecule has 0 radical (unpaired) electrons. The van der Waals surface area contributed by atoms with Crippen LogP contribution in [0.4, 0.5) is 0 Å². The highest BCUT2D eigenvalue weighted by Crippen LogP contribution is 2.26. The van der Waals surface area contributed by atoms with E-state index in [1.54, 1.807) is 6.92 Å². The summed E-state index contributed by atoms with van der Waals surface area (Å²) in [4.78, 5) is 10.7. The highest BCUT2D eigenvalue weighted by atomic mass is 32.2. The molecule has 1 aliphatic carbocycles. The Morgan fingerprint density at radius 2 is 1.81 bits per heavy atom. The number of Topliss-reactive ketones (excluding diaryl/α,β-unsaturated/α-hetero) is 1. The average molecular weight is 246 g/mol. The van der Waals surface area contributed by atoms with Gasteiger partial charge in [-0.05, 0) is 38.5 Å². The van der Waals surface area contributed by atoms with Crippen molar-refractivity contribution in [3.8, 4) is 0 Å². The van der Waals surface area contributed by atoms with Gasteiger partial charge in [-0.25, -0.2) is 8.42 Å². The predicted molar refractivity (Wildman–Crippen MR) is 65.1 cm³/mol. The van der Waals surface area contributed by atoms with Crippen LogP contribution in [0.25, 0.3) is 0 Å². The molecule has 16 heavy (non-hydrogen) atoms. The molecule has 0 aromatic carbocycles. The van der Waals surface area contributed by atoms with E-state index in [4.69, 9.17) is 0 Å². The summed E-state index contributed by atoms with van der Waals surface area (Å²) in [6.07, 6.45) is 6.38. The van der Waals surface area contributed by atoms with Gasteiger partial charge in [-0.3, -0.25) is 0 Å². The van der Waals surface area contributed by atoms with Crippen molar-refractivity contribution >= 4 is 15.6 Å².